The highest BCUT2D eigenvalue weighted by atomic mass is 32.2. The summed E-state index contributed by atoms with van der Waals surface area (Å²) in [4.78, 5) is 49.6. The second-order valence-corrected chi connectivity index (χ2v) is 14.4. The fraction of sp³-hybridized carbons (Fsp3) is 0.486. The highest BCUT2D eigenvalue weighted by Gasteiger charge is 2.76. The van der Waals surface area contributed by atoms with E-state index in [0.717, 1.165) is 35.2 Å². The first-order chi connectivity index (χ1) is 21.7. The number of aliphatic hydroxyl groups excluding tert-OH is 1. The van der Waals surface area contributed by atoms with Gasteiger partial charge in [-0.1, -0.05) is 61.5 Å². The van der Waals surface area contributed by atoms with Gasteiger partial charge >= 0.3 is 0 Å². The number of unbranched alkanes of at least 4 members (excludes halogenated alkanes) is 2. The number of fused-ring (bicyclic) bond motifs is 1. The van der Waals surface area contributed by atoms with E-state index in [9.17, 15) is 19.5 Å². The van der Waals surface area contributed by atoms with Crippen molar-refractivity contribution in [3.05, 3.63) is 90.5 Å². The van der Waals surface area contributed by atoms with Crippen LogP contribution in [0.5, 0.6) is 0 Å². The normalized spacial score (nSPS) is 26.5. The topological polar surface area (TPSA) is 81.2 Å². The number of hydrogen-bond acceptors (Lipinski definition) is 5. The summed E-state index contributed by atoms with van der Waals surface area (Å²) in [5.74, 6) is -1.24. The Hall–Kier alpha value is -3.36. The summed E-state index contributed by atoms with van der Waals surface area (Å²) in [5.41, 5.74) is 3.88. The van der Waals surface area contributed by atoms with Crippen LogP contribution in [-0.2, 0) is 20.9 Å². The number of benzene rings is 2. The number of likely N-dealkylation sites (tertiary alicyclic amines) is 1. The summed E-state index contributed by atoms with van der Waals surface area (Å²) in [7, 11) is 0. The van der Waals surface area contributed by atoms with Crippen LogP contribution in [0.4, 0.5) is 5.69 Å². The molecule has 2 aromatic rings. The minimum atomic E-state index is -0.708. The van der Waals surface area contributed by atoms with Gasteiger partial charge in [-0.25, -0.2) is 0 Å². The Bertz CT molecular complexity index is 1430. The number of carbonyl (C=O) groups is 3. The molecule has 0 saturated carbocycles. The quantitative estimate of drug-likeness (QED) is 0.219. The Labute approximate surface area is 272 Å². The lowest BCUT2D eigenvalue weighted by Crippen LogP contribution is -2.57. The Kier molecular flexibility index (Phi) is 10.2. The van der Waals surface area contributed by atoms with Crippen LogP contribution in [-0.4, -0.2) is 74.9 Å². The van der Waals surface area contributed by atoms with Crippen molar-refractivity contribution < 1.29 is 19.5 Å². The predicted octanol–water partition coefficient (Wildman–Crippen LogP) is 5.54. The van der Waals surface area contributed by atoms with E-state index in [1.807, 2.05) is 67.3 Å². The van der Waals surface area contributed by atoms with Gasteiger partial charge in [0.05, 0.1) is 16.6 Å². The second-order valence-electron chi connectivity index (χ2n) is 12.9. The molecule has 3 saturated heterocycles. The summed E-state index contributed by atoms with van der Waals surface area (Å²) in [6.45, 7) is 15.7. The van der Waals surface area contributed by atoms with Crippen molar-refractivity contribution in [2.24, 2.45) is 17.8 Å². The van der Waals surface area contributed by atoms with Crippen molar-refractivity contribution in [2.75, 3.05) is 31.1 Å². The zero-order chi connectivity index (χ0) is 32.3. The van der Waals surface area contributed by atoms with Crippen LogP contribution in [0.3, 0.4) is 0 Å². The lowest BCUT2D eigenvalue weighted by atomic mass is 9.65. The van der Waals surface area contributed by atoms with Crippen molar-refractivity contribution >= 4 is 35.2 Å². The molecule has 7 nitrogen and oxygen atoms in total. The fourth-order valence-electron chi connectivity index (χ4n) is 7.89. The molecular formula is C37H47N3O4S. The fourth-order valence-corrected chi connectivity index (χ4v) is 10.3. The Morgan fingerprint density at radius 3 is 2.47 bits per heavy atom. The van der Waals surface area contributed by atoms with Crippen molar-refractivity contribution in [3.8, 4) is 0 Å². The van der Waals surface area contributed by atoms with E-state index in [4.69, 9.17) is 0 Å². The molecule has 0 aliphatic carbocycles. The Morgan fingerprint density at radius 1 is 1.04 bits per heavy atom. The molecule has 240 valence electrons. The van der Waals surface area contributed by atoms with E-state index in [0.29, 0.717) is 39.0 Å². The van der Waals surface area contributed by atoms with Gasteiger partial charge in [0.25, 0.3) is 5.91 Å². The highest BCUT2D eigenvalue weighted by Crippen LogP contribution is 2.69. The van der Waals surface area contributed by atoms with Crippen LogP contribution >= 0.6 is 11.8 Å². The Morgan fingerprint density at radius 2 is 1.78 bits per heavy atom. The summed E-state index contributed by atoms with van der Waals surface area (Å²) < 4.78 is -0.708. The van der Waals surface area contributed by atoms with Gasteiger partial charge in [-0.2, -0.15) is 0 Å². The predicted molar refractivity (Wildman–Crippen MR) is 182 cm³/mol. The van der Waals surface area contributed by atoms with Crippen LogP contribution < -0.4 is 4.90 Å². The van der Waals surface area contributed by atoms with Crippen LogP contribution in [0.1, 0.15) is 49.3 Å². The van der Waals surface area contributed by atoms with Crippen molar-refractivity contribution in [2.45, 2.75) is 69.0 Å². The summed E-state index contributed by atoms with van der Waals surface area (Å²) >= 11 is 1.71. The van der Waals surface area contributed by atoms with Gasteiger partial charge in [-0.15, -0.1) is 24.9 Å². The first-order valence-electron chi connectivity index (χ1n) is 16.2. The first-order valence-corrected chi connectivity index (χ1v) is 17.1. The first kappa shape index (κ1) is 33.0. The third-order valence-corrected chi connectivity index (χ3v) is 12.0. The van der Waals surface area contributed by atoms with E-state index in [-0.39, 0.29) is 35.5 Å². The molecule has 45 heavy (non-hydrogen) atoms. The summed E-state index contributed by atoms with van der Waals surface area (Å²) in [5, 5.41) is 9.36. The molecule has 6 atom stereocenters. The smallest absolute Gasteiger partial charge is 0.251 e. The van der Waals surface area contributed by atoms with E-state index in [1.54, 1.807) is 33.7 Å². The molecule has 3 fully saturated rings. The summed E-state index contributed by atoms with van der Waals surface area (Å²) in [6.07, 6.45) is 6.34. The van der Waals surface area contributed by atoms with Gasteiger partial charge in [0, 0.05) is 43.7 Å². The van der Waals surface area contributed by atoms with Crippen LogP contribution in [0.2, 0.25) is 0 Å². The number of aliphatic hydroxyl groups is 1. The van der Waals surface area contributed by atoms with Crippen LogP contribution in [0.25, 0.3) is 0 Å². The molecule has 0 radical (unpaired) electrons. The molecule has 3 aliphatic rings. The molecule has 3 aliphatic heterocycles. The SMILES string of the molecule is C=CCN(Cc1ccccc1)C(=O)[C@@H]1[C@@H]2CC(C)C3(S2)C(C(=O)N(CC=C)c2cc(C)ccc2C)N(CCCCCO)C(=O)[C@H]13. The van der Waals surface area contributed by atoms with E-state index < -0.39 is 22.6 Å². The molecule has 3 unspecified atom stereocenters. The number of aryl methyl sites for hydroxylation is 2. The number of anilines is 1. The van der Waals surface area contributed by atoms with Crippen LogP contribution in [0.15, 0.2) is 73.8 Å². The molecule has 1 spiro atoms. The standard InChI is InChI=1S/C37H47N3O4S/c1-6-18-38(24-28-14-10-8-11-15-28)34(42)31-30-23-27(5)37(45-30)32(31)35(43)40(20-12-9-13-21-41)33(37)36(44)39(19-7-2)29-22-25(3)16-17-26(29)4/h6-8,10-11,14-17,22,27,30-33,41H,1-2,9,12-13,18-21,23-24H2,3-5H3/t27?,30-,31+,32-,33?,37?/m0/s1. The minimum absolute atomic E-state index is 0.0332. The molecule has 8 heteroatoms. The number of carbonyl (C=O) groups excluding carboxylic acids is 3. The lowest BCUT2D eigenvalue weighted by molar-refractivity contribution is -0.144. The van der Waals surface area contributed by atoms with Gasteiger partial charge in [-0.05, 0) is 68.2 Å². The third-order valence-electron chi connectivity index (χ3n) is 9.93. The van der Waals surface area contributed by atoms with Gasteiger partial charge in [0.2, 0.25) is 11.8 Å². The minimum Gasteiger partial charge on any atom is -0.396 e. The lowest BCUT2D eigenvalue weighted by Gasteiger charge is -2.41. The van der Waals surface area contributed by atoms with Crippen LogP contribution in [0, 0.1) is 31.6 Å². The highest BCUT2D eigenvalue weighted by molar-refractivity contribution is 8.02. The molecule has 2 aromatic carbocycles. The zero-order valence-corrected chi connectivity index (χ0v) is 27.7. The van der Waals surface area contributed by atoms with Gasteiger partial charge in [0.1, 0.15) is 6.04 Å². The largest absolute Gasteiger partial charge is 0.396 e. The summed E-state index contributed by atoms with van der Waals surface area (Å²) in [6, 6.07) is 15.3. The molecular weight excluding hydrogens is 582 g/mol. The maximum atomic E-state index is 15.0. The number of thioether (sulfide) groups is 1. The third kappa shape index (κ3) is 5.99. The Balaban J connectivity index is 1.56. The molecule has 3 heterocycles. The number of hydrogen-bond donors (Lipinski definition) is 1. The van der Waals surface area contributed by atoms with E-state index in [1.165, 1.54) is 0 Å². The second kappa shape index (κ2) is 14.0. The molecule has 2 bridgehead atoms. The van der Waals surface area contributed by atoms with Crippen molar-refractivity contribution in [1.29, 1.82) is 0 Å². The average molecular weight is 630 g/mol. The maximum absolute atomic E-state index is 15.0. The number of rotatable bonds is 14. The van der Waals surface area contributed by atoms with E-state index >= 15 is 0 Å². The zero-order valence-electron chi connectivity index (χ0n) is 26.9. The number of amides is 3. The molecule has 0 aromatic heterocycles. The van der Waals surface area contributed by atoms with Gasteiger partial charge < -0.3 is 19.8 Å². The molecule has 1 N–H and O–H groups in total. The number of nitrogens with zero attached hydrogens (tertiary/aromatic N) is 3. The molecule has 5 rings (SSSR count). The molecule has 3 amide bonds. The van der Waals surface area contributed by atoms with E-state index in [2.05, 4.69) is 20.1 Å². The van der Waals surface area contributed by atoms with Crippen molar-refractivity contribution in [1.82, 2.24) is 9.80 Å². The maximum Gasteiger partial charge on any atom is 0.251 e. The van der Waals surface area contributed by atoms with Gasteiger partial charge in [-0.3, -0.25) is 14.4 Å². The monoisotopic (exact) mass is 629 g/mol. The van der Waals surface area contributed by atoms with Crippen molar-refractivity contribution in [3.63, 3.8) is 0 Å². The van der Waals surface area contributed by atoms with Gasteiger partial charge in [0.15, 0.2) is 0 Å². The average Bonchev–Trinajstić information content (AvgIpc) is 3.62.